The third kappa shape index (κ3) is 3.01. The number of halogens is 3. The van der Waals surface area contributed by atoms with Gasteiger partial charge in [-0.25, -0.2) is 0 Å². The predicted molar refractivity (Wildman–Crippen MR) is 80.8 cm³/mol. The standard InChI is InChI=1S/C16H20F3NOS/c17-16(18,19)15-8-14(9-15,10-15)11-20-6-12(21)7-22-13-4-2-1-3-5-13/h1-5,12,20-21H,6-11H2. The van der Waals surface area contributed by atoms with E-state index in [4.69, 9.17) is 0 Å². The van der Waals surface area contributed by atoms with Gasteiger partial charge in [-0.3, -0.25) is 0 Å². The van der Waals surface area contributed by atoms with Gasteiger partial charge in [0.25, 0.3) is 0 Å². The van der Waals surface area contributed by atoms with Gasteiger partial charge in [0.1, 0.15) is 0 Å². The smallest absolute Gasteiger partial charge is 0.391 e. The predicted octanol–water partition coefficient (Wildman–Crippen LogP) is 3.46. The van der Waals surface area contributed by atoms with Gasteiger partial charge in [0.2, 0.25) is 0 Å². The van der Waals surface area contributed by atoms with Crippen molar-refractivity contribution in [2.45, 2.75) is 36.4 Å². The average Bonchev–Trinajstić information content (AvgIpc) is 2.37. The second-order valence-corrected chi connectivity index (χ2v) is 7.81. The molecule has 0 aromatic heterocycles. The van der Waals surface area contributed by atoms with Gasteiger partial charge < -0.3 is 10.4 Å². The van der Waals surface area contributed by atoms with Crippen LogP contribution in [-0.4, -0.2) is 36.2 Å². The molecule has 1 unspecified atom stereocenters. The maximum Gasteiger partial charge on any atom is 0.394 e. The summed E-state index contributed by atoms with van der Waals surface area (Å²) in [5.41, 5.74) is -1.54. The molecular formula is C16H20F3NOS. The quantitative estimate of drug-likeness (QED) is 0.751. The highest BCUT2D eigenvalue weighted by atomic mass is 32.2. The molecule has 3 fully saturated rings. The summed E-state index contributed by atoms with van der Waals surface area (Å²) in [5, 5.41) is 13.1. The zero-order valence-corrected chi connectivity index (χ0v) is 13.0. The lowest BCUT2D eigenvalue weighted by atomic mass is 9.35. The Hall–Kier alpha value is -0.720. The minimum Gasteiger partial charge on any atom is -0.391 e. The van der Waals surface area contributed by atoms with Crippen LogP contribution in [0.25, 0.3) is 0 Å². The van der Waals surface area contributed by atoms with Gasteiger partial charge in [0.05, 0.1) is 11.5 Å². The van der Waals surface area contributed by atoms with Crippen molar-refractivity contribution < 1.29 is 18.3 Å². The van der Waals surface area contributed by atoms with E-state index < -0.39 is 17.7 Å². The summed E-state index contributed by atoms with van der Waals surface area (Å²) in [6.45, 7) is 1.01. The van der Waals surface area contributed by atoms with Gasteiger partial charge in [0, 0.05) is 23.7 Å². The monoisotopic (exact) mass is 331 g/mol. The first-order chi connectivity index (χ1) is 10.3. The highest BCUT2D eigenvalue weighted by Crippen LogP contribution is 2.78. The maximum absolute atomic E-state index is 12.7. The second kappa shape index (κ2) is 5.73. The number of alkyl halides is 3. The Balaban J connectivity index is 1.32. The molecule has 3 aliphatic carbocycles. The molecule has 1 aromatic rings. The third-order valence-electron chi connectivity index (χ3n) is 4.81. The molecular weight excluding hydrogens is 311 g/mol. The number of hydrogen-bond acceptors (Lipinski definition) is 3. The normalized spacial score (nSPS) is 31.3. The van der Waals surface area contributed by atoms with Crippen LogP contribution >= 0.6 is 11.8 Å². The molecule has 0 radical (unpaired) electrons. The molecule has 22 heavy (non-hydrogen) atoms. The Morgan fingerprint density at radius 1 is 1.18 bits per heavy atom. The molecule has 4 rings (SSSR count). The molecule has 0 saturated heterocycles. The summed E-state index contributed by atoms with van der Waals surface area (Å²) in [5.74, 6) is 0.580. The van der Waals surface area contributed by atoms with Crippen LogP contribution < -0.4 is 5.32 Å². The van der Waals surface area contributed by atoms with Crippen LogP contribution in [0.5, 0.6) is 0 Å². The third-order valence-corrected chi connectivity index (χ3v) is 5.96. The van der Waals surface area contributed by atoms with E-state index in [9.17, 15) is 18.3 Å². The summed E-state index contributed by atoms with van der Waals surface area (Å²) in [4.78, 5) is 1.10. The maximum atomic E-state index is 12.7. The van der Waals surface area contributed by atoms with E-state index in [2.05, 4.69) is 5.32 Å². The Morgan fingerprint density at radius 2 is 1.82 bits per heavy atom. The molecule has 0 spiro atoms. The molecule has 1 atom stereocenters. The van der Waals surface area contributed by atoms with Gasteiger partial charge in [-0.1, -0.05) is 18.2 Å². The fourth-order valence-corrected chi connectivity index (χ4v) is 4.61. The largest absolute Gasteiger partial charge is 0.394 e. The Labute approximate surface area is 132 Å². The number of rotatable bonds is 7. The molecule has 122 valence electrons. The molecule has 0 aliphatic heterocycles. The van der Waals surface area contributed by atoms with E-state index in [1.807, 2.05) is 30.3 Å². The van der Waals surface area contributed by atoms with Crippen molar-refractivity contribution in [3.63, 3.8) is 0 Å². The van der Waals surface area contributed by atoms with Crippen molar-refractivity contribution in [2.24, 2.45) is 10.8 Å². The van der Waals surface area contributed by atoms with Crippen LogP contribution in [0.2, 0.25) is 0 Å². The molecule has 2 nitrogen and oxygen atoms in total. The van der Waals surface area contributed by atoms with Gasteiger partial charge in [-0.15, -0.1) is 11.8 Å². The summed E-state index contributed by atoms with van der Waals surface area (Å²) >= 11 is 1.58. The van der Waals surface area contributed by atoms with Crippen LogP contribution in [0.1, 0.15) is 19.3 Å². The van der Waals surface area contributed by atoms with Crippen molar-refractivity contribution in [3.05, 3.63) is 30.3 Å². The van der Waals surface area contributed by atoms with Crippen molar-refractivity contribution in [3.8, 4) is 0 Å². The lowest BCUT2D eigenvalue weighted by molar-refractivity contribution is -0.361. The first-order valence-electron chi connectivity index (χ1n) is 7.48. The molecule has 3 aliphatic rings. The van der Waals surface area contributed by atoms with E-state index >= 15 is 0 Å². The molecule has 2 bridgehead atoms. The van der Waals surface area contributed by atoms with Crippen LogP contribution in [0.4, 0.5) is 13.2 Å². The van der Waals surface area contributed by atoms with Crippen molar-refractivity contribution in [1.82, 2.24) is 5.32 Å². The lowest BCUT2D eigenvalue weighted by Gasteiger charge is -2.70. The number of aliphatic hydroxyl groups is 1. The van der Waals surface area contributed by atoms with Crippen molar-refractivity contribution >= 4 is 11.8 Å². The van der Waals surface area contributed by atoms with E-state index in [1.165, 1.54) is 0 Å². The minimum absolute atomic E-state index is 0.165. The van der Waals surface area contributed by atoms with E-state index in [0.29, 0.717) is 18.8 Å². The lowest BCUT2D eigenvalue weighted by Crippen LogP contribution is -2.70. The first-order valence-corrected chi connectivity index (χ1v) is 8.46. The highest BCUT2D eigenvalue weighted by Gasteiger charge is 2.77. The Kier molecular flexibility index (Phi) is 4.20. The number of thioether (sulfide) groups is 1. The Bertz CT molecular complexity index is 500. The van der Waals surface area contributed by atoms with E-state index in [-0.39, 0.29) is 24.7 Å². The summed E-state index contributed by atoms with van der Waals surface area (Å²) in [7, 11) is 0. The summed E-state index contributed by atoms with van der Waals surface area (Å²) in [6.07, 6.45) is -3.77. The van der Waals surface area contributed by atoms with Gasteiger partial charge in [-0.2, -0.15) is 13.2 Å². The van der Waals surface area contributed by atoms with Crippen LogP contribution in [0.3, 0.4) is 0 Å². The number of aliphatic hydroxyl groups excluding tert-OH is 1. The molecule has 0 amide bonds. The zero-order chi connectivity index (χ0) is 15.8. The highest BCUT2D eigenvalue weighted by molar-refractivity contribution is 7.99. The van der Waals surface area contributed by atoms with Crippen LogP contribution in [-0.2, 0) is 0 Å². The second-order valence-electron chi connectivity index (χ2n) is 6.72. The number of nitrogens with one attached hydrogen (secondary N) is 1. The van der Waals surface area contributed by atoms with Gasteiger partial charge in [-0.05, 0) is 36.8 Å². The summed E-state index contributed by atoms with van der Waals surface area (Å²) < 4.78 is 38.2. The minimum atomic E-state index is -4.04. The first kappa shape index (κ1) is 16.1. The van der Waals surface area contributed by atoms with Crippen molar-refractivity contribution in [2.75, 3.05) is 18.8 Å². The summed E-state index contributed by atoms with van der Waals surface area (Å²) in [6, 6.07) is 9.82. The zero-order valence-electron chi connectivity index (χ0n) is 12.2. The topological polar surface area (TPSA) is 32.3 Å². The fraction of sp³-hybridized carbons (Fsp3) is 0.625. The molecule has 2 N–H and O–H groups in total. The van der Waals surface area contributed by atoms with Gasteiger partial charge >= 0.3 is 6.18 Å². The van der Waals surface area contributed by atoms with E-state index in [0.717, 1.165) is 4.90 Å². The SMILES string of the molecule is OC(CNCC12CC(C(F)(F)F)(C1)C2)CSc1ccccc1. The number of benzene rings is 1. The molecule has 1 aromatic carbocycles. The average molecular weight is 331 g/mol. The molecule has 0 heterocycles. The Morgan fingerprint density at radius 3 is 2.41 bits per heavy atom. The van der Waals surface area contributed by atoms with Crippen molar-refractivity contribution in [1.29, 1.82) is 0 Å². The number of hydrogen-bond donors (Lipinski definition) is 2. The molecule has 3 saturated carbocycles. The van der Waals surface area contributed by atoms with Gasteiger partial charge in [0.15, 0.2) is 0 Å². The van der Waals surface area contributed by atoms with E-state index in [1.54, 1.807) is 11.8 Å². The molecule has 6 heteroatoms. The van der Waals surface area contributed by atoms with Crippen LogP contribution in [0.15, 0.2) is 35.2 Å². The van der Waals surface area contributed by atoms with Crippen LogP contribution in [0, 0.1) is 10.8 Å². The fourth-order valence-electron chi connectivity index (χ4n) is 3.76.